The first-order valence-corrected chi connectivity index (χ1v) is 7.59. The van der Waals surface area contributed by atoms with Gasteiger partial charge in [-0.25, -0.2) is 4.98 Å². The van der Waals surface area contributed by atoms with Crippen LogP contribution in [0.25, 0.3) is 0 Å². The Balaban J connectivity index is 1.80. The van der Waals surface area contributed by atoms with Gasteiger partial charge in [0.25, 0.3) is 0 Å². The maximum atomic E-state index is 6.24. The predicted molar refractivity (Wildman–Crippen MR) is 85.7 cm³/mol. The van der Waals surface area contributed by atoms with E-state index in [9.17, 15) is 0 Å². The van der Waals surface area contributed by atoms with Crippen LogP contribution in [0, 0.1) is 6.92 Å². The number of anilines is 1. The highest BCUT2D eigenvalue weighted by molar-refractivity contribution is 7.09. The van der Waals surface area contributed by atoms with Crippen LogP contribution in [0.1, 0.15) is 17.2 Å². The van der Waals surface area contributed by atoms with Crippen LogP contribution in [0.4, 0.5) is 5.13 Å². The lowest BCUT2D eigenvalue weighted by Crippen LogP contribution is -2.03. The number of nitrogens with zero attached hydrogens (tertiary/aromatic N) is 7. The van der Waals surface area contributed by atoms with Crippen LogP contribution < -0.4 is 10.6 Å². The molecule has 0 aliphatic rings. The van der Waals surface area contributed by atoms with Crippen molar-refractivity contribution in [3.63, 3.8) is 0 Å². The first-order chi connectivity index (χ1) is 11.1. The van der Waals surface area contributed by atoms with Gasteiger partial charge in [-0.3, -0.25) is 0 Å². The van der Waals surface area contributed by atoms with Crippen molar-refractivity contribution in [3.8, 4) is 5.75 Å². The Morgan fingerprint density at radius 1 is 1.48 bits per heavy atom. The topological polar surface area (TPSA) is 117 Å². The number of aryl methyl sites for hydroxylation is 1. The van der Waals surface area contributed by atoms with Gasteiger partial charge in [-0.15, -0.1) is 5.10 Å². The third kappa shape index (κ3) is 3.60. The summed E-state index contributed by atoms with van der Waals surface area (Å²) >= 11 is 7.37. The molecule has 9 nitrogen and oxygen atoms in total. The highest BCUT2D eigenvalue weighted by Gasteiger charge is 2.12. The normalized spacial score (nSPS) is 11.2. The van der Waals surface area contributed by atoms with Crippen LogP contribution in [-0.4, -0.2) is 35.9 Å². The van der Waals surface area contributed by atoms with Gasteiger partial charge in [0, 0.05) is 28.5 Å². The number of hydrogen-bond donors (Lipinski definition) is 1. The van der Waals surface area contributed by atoms with Crippen molar-refractivity contribution in [2.45, 2.75) is 13.3 Å². The molecule has 0 aliphatic carbocycles. The summed E-state index contributed by atoms with van der Waals surface area (Å²) in [6.07, 6.45) is 1.75. The van der Waals surface area contributed by atoms with Gasteiger partial charge in [0.15, 0.2) is 23.0 Å². The summed E-state index contributed by atoms with van der Waals surface area (Å²) in [5, 5.41) is 15.8. The van der Waals surface area contributed by atoms with Crippen LogP contribution in [0.5, 0.6) is 5.75 Å². The van der Waals surface area contributed by atoms with E-state index in [1.54, 1.807) is 25.1 Å². The van der Waals surface area contributed by atoms with Gasteiger partial charge >= 0.3 is 0 Å². The fourth-order valence-corrected chi connectivity index (χ4v) is 2.45. The molecule has 23 heavy (non-hydrogen) atoms. The molecule has 0 saturated carbocycles. The van der Waals surface area contributed by atoms with Crippen LogP contribution >= 0.6 is 23.1 Å². The van der Waals surface area contributed by atoms with E-state index in [2.05, 4.69) is 30.0 Å². The molecule has 2 aromatic heterocycles. The molecular weight excluding hydrogens is 340 g/mol. The molecule has 3 rings (SSSR count). The summed E-state index contributed by atoms with van der Waals surface area (Å²) in [6, 6.07) is 5.27. The highest BCUT2D eigenvalue weighted by Crippen LogP contribution is 2.29. The number of nitrogen functional groups attached to an aromatic ring is 1. The van der Waals surface area contributed by atoms with E-state index in [0.29, 0.717) is 34.0 Å². The second kappa shape index (κ2) is 6.67. The van der Waals surface area contributed by atoms with Gasteiger partial charge in [0.1, 0.15) is 5.82 Å². The molecule has 1 aromatic carbocycles. The minimum atomic E-state index is 0.391. The van der Waals surface area contributed by atoms with Gasteiger partial charge in [0.05, 0.1) is 0 Å². The standard InChI is InChI=1S/C12H11ClN8OS/c1-7-17-19-20-21(7)6-15-22-10-4-2-3-9(13)8(10)5-11-16-12(14)23-18-11/h2-4,6H,5H2,1H3,(H2,14,16,18)/b15-6+. The number of hydrogen-bond acceptors (Lipinski definition) is 9. The second-order valence-electron chi connectivity index (χ2n) is 4.42. The first-order valence-electron chi connectivity index (χ1n) is 6.44. The molecule has 0 unspecified atom stereocenters. The Hall–Kier alpha value is -2.59. The average molecular weight is 351 g/mol. The molecule has 2 heterocycles. The van der Waals surface area contributed by atoms with E-state index >= 15 is 0 Å². The number of benzene rings is 1. The lowest BCUT2D eigenvalue weighted by molar-refractivity contribution is 0.338. The minimum absolute atomic E-state index is 0.391. The lowest BCUT2D eigenvalue weighted by atomic mass is 10.1. The van der Waals surface area contributed by atoms with Gasteiger partial charge in [-0.05, 0) is 29.5 Å². The number of rotatable bonds is 5. The summed E-state index contributed by atoms with van der Waals surface area (Å²) in [5.41, 5.74) is 6.31. The van der Waals surface area contributed by atoms with Gasteiger partial charge in [-0.1, -0.05) is 22.8 Å². The monoisotopic (exact) mass is 350 g/mol. The third-order valence-electron chi connectivity index (χ3n) is 2.86. The van der Waals surface area contributed by atoms with E-state index < -0.39 is 0 Å². The number of oxime groups is 1. The zero-order valence-electron chi connectivity index (χ0n) is 11.9. The molecule has 0 radical (unpaired) electrons. The van der Waals surface area contributed by atoms with E-state index in [1.807, 2.05) is 0 Å². The zero-order valence-corrected chi connectivity index (χ0v) is 13.5. The summed E-state index contributed by atoms with van der Waals surface area (Å²) < 4.78 is 5.53. The maximum Gasteiger partial charge on any atom is 0.199 e. The maximum absolute atomic E-state index is 6.24. The fourth-order valence-electron chi connectivity index (χ4n) is 1.76. The van der Waals surface area contributed by atoms with Crippen molar-refractivity contribution in [2.75, 3.05) is 5.73 Å². The van der Waals surface area contributed by atoms with E-state index in [4.69, 9.17) is 22.2 Å². The van der Waals surface area contributed by atoms with Crippen molar-refractivity contribution < 1.29 is 4.84 Å². The van der Waals surface area contributed by atoms with Crippen molar-refractivity contribution in [3.05, 3.63) is 40.4 Å². The third-order valence-corrected chi connectivity index (χ3v) is 3.79. The molecule has 3 aromatic rings. The number of tetrazole rings is 1. The lowest BCUT2D eigenvalue weighted by Gasteiger charge is -2.07. The van der Waals surface area contributed by atoms with Crippen LogP contribution in [0.2, 0.25) is 5.02 Å². The van der Waals surface area contributed by atoms with Crippen molar-refractivity contribution in [1.29, 1.82) is 0 Å². The van der Waals surface area contributed by atoms with Gasteiger partial charge in [0.2, 0.25) is 0 Å². The molecule has 0 saturated heterocycles. The average Bonchev–Trinajstić information content (AvgIpc) is 3.11. The minimum Gasteiger partial charge on any atom is -0.374 e. The summed E-state index contributed by atoms with van der Waals surface area (Å²) in [5.74, 6) is 1.66. The molecule has 0 atom stereocenters. The first kappa shape index (κ1) is 15.3. The molecule has 0 spiro atoms. The van der Waals surface area contributed by atoms with Crippen LogP contribution in [0.3, 0.4) is 0 Å². The molecule has 118 valence electrons. The Morgan fingerprint density at radius 2 is 2.35 bits per heavy atom. The van der Waals surface area contributed by atoms with Crippen LogP contribution in [-0.2, 0) is 6.42 Å². The highest BCUT2D eigenvalue weighted by atomic mass is 35.5. The summed E-state index contributed by atoms with van der Waals surface area (Å²) in [4.78, 5) is 9.53. The number of nitrogens with two attached hydrogens (primary N) is 1. The fraction of sp³-hybridized carbons (Fsp3) is 0.167. The molecule has 2 N–H and O–H groups in total. The van der Waals surface area contributed by atoms with E-state index in [0.717, 1.165) is 17.1 Å². The van der Waals surface area contributed by atoms with Crippen molar-refractivity contribution in [2.24, 2.45) is 5.16 Å². The quantitative estimate of drug-likeness (QED) is 0.421. The molecule has 0 amide bonds. The van der Waals surface area contributed by atoms with Crippen molar-refractivity contribution >= 4 is 34.6 Å². The van der Waals surface area contributed by atoms with Crippen molar-refractivity contribution in [1.82, 2.24) is 29.6 Å². The number of halogens is 1. The SMILES string of the molecule is Cc1nnnn1/C=N/Oc1cccc(Cl)c1Cc1nsc(N)n1. The Kier molecular flexibility index (Phi) is 4.44. The Morgan fingerprint density at radius 3 is 3.04 bits per heavy atom. The molecule has 11 heteroatoms. The van der Waals surface area contributed by atoms with Gasteiger partial charge < -0.3 is 10.6 Å². The van der Waals surface area contributed by atoms with E-state index in [-0.39, 0.29) is 0 Å². The molecule has 0 fully saturated rings. The largest absolute Gasteiger partial charge is 0.374 e. The van der Waals surface area contributed by atoms with Crippen LogP contribution in [0.15, 0.2) is 23.4 Å². The zero-order chi connectivity index (χ0) is 16.2. The van der Waals surface area contributed by atoms with Gasteiger partial charge in [-0.2, -0.15) is 9.06 Å². The van der Waals surface area contributed by atoms with E-state index in [1.165, 1.54) is 11.0 Å². The second-order valence-corrected chi connectivity index (χ2v) is 5.62. The Bertz CT molecular complexity index is 845. The predicted octanol–water partition coefficient (Wildman–Crippen LogP) is 1.53. The number of aromatic nitrogens is 6. The smallest absolute Gasteiger partial charge is 0.199 e. The summed E-state index contributed by atoms with van der Waals surface area (Å²) in [6.45, 7) is 1.75. The Labute approximate surface area is 139 Å². The molecule has 0 aliphatic heterocycles. The molecule has 0 bridgehead atoms. The molecular formula is C12H11ClN8OS. The summed E-state index contributed by atoms with van der Waals surface area (Å²) in [7, 11) is 0.